The molecule has 22 heavy (non-hydrogen) atoms. The third-order valence-corrected chi connectivity index (χ3v) is 6.14. The fraction of sp³-hybridized carbons (Fsp3) is 0.333. The Kier molecular flexibility index (Phi) is 4.06. The predicted molar refractivity (Wildman–Crippen MR) is 89.1 cm³/mol. The summed E-state index contributed by atoms with van der Waals surface area (Å²) in [6.45, 7) is 5.09. The fourth-order valence-corrected chi connectivity index (χ4v) is 4.78. The van der Waals surface area contributed by atoms with Crippen molar-refractivity contribution in [2.24, 2.45) is 0 Å². The highest BCUT2D eigenvalue weighted by molar-refractivity contribution is 7.88. The number of sulfonamides is 1. The van der Waals surface area contributed by atoms with Crippen LogP contribution in [0.4, 0.5) is 0 Å². The minimum Gasteiger partial charge on any atom is -0.212 e. The van der Waals surface area contributed by atoms with E-state index in [2.05, 4.69) is 13.0 Å². The van der Waals surface area contributed by atoms with Gasteiger partial charge in [0.2, 0.25) is 10.0 Å². The second-order valence-electron chi connectivity index (χ2n) is 6.08. The molecule has 0 saturated heterocycles. The average molecular weight is 315 g/mol. The highest BCUT2D eigenvalue weighted by Crippen LogP contribution is 2.30. The molecular formula is C18H21NO2S. The van der Waals surface area contributed by atoms with Crippen LogP contribution in [0, 0.1) is 6.92 Å². The number of rotatable bonds is 3. The third kappa shape index (κ3) is 2.94. The Morgan fingerprint density at radius 2 is 1.77 bits per heavy atom. The predicted octanol–water partition coefficient (Wildman–Crippen LogP) is 3.44. The molecule has 0 saturated carbocycles. The Morgan fingerprint density at radius 3 is 2.55 bits per heavy atom. The number of benzene rings is 2. The Labute approximate surface area is 132 Å². The van der Waals surface area contributed by atoms with Crippen LogP contribution in [0.1, 0.15) is 35.1 Å². The first-order valence-electron chi connectivity index (χ1n) is 7.57. The average Bonchev–Trinajstić information content (AvgIpc) is 2.49. The number of hydrogen-bond donors (Lipinski definition) is 0. The molecule has 0 bridgehead atoms. The first kappa shape index (κ1) is 15.3. The molecule has 1 atom stereocenters. The van der Waals surface area contributed by atoms with Gasteiger partial charge in [-0.3, -0.25) is 0 Å². The van der Waals surface area contributed by atoms with Crippen LogP contribution in [-0.2, 0) is 22.3 Å². The number of fused-ring (bicyclic) bond motifs is 1. The maximum absolute atomic E-state index is 12.8. The van der Waals surface area contributed by atoms with Crippen LogP contribution in [-0.4, -0.2) is 19.3 Å². The largest absolute Gasteiger partial charge is 0.218 e. The van der Waals surface area contributed by atoms with Crippen molar-refractivity contribution in [2.45, 2.75) is 32.1 Å². The van der Waals surface area contributed by atoms with Crippen molar-refractivity contribution in [3.8, 4) is 0 Å². The molecule has 0 aliphatic carbocycles. The van der Waals surface area contributed by atoms with Gasteiger partial charge in [0.1, 0.15) is 0 Å². The van der Waals surface area contributed by atoms with E-state index in [9.17, 15) is 8.42 Å². The van der Waals surface area contributed by atoms with Crippen LogP contribution in [0.15, 0.2) is 48.5 Å². The molecule has 0 radical (unpaired) electrons. The molecule has 0 N–H and O–H groups in total. The molecule has 1 aliphatic rings. The Hall–Kier alpha value is -1.65. The van der Waals surface area contributed by atoms with Crippen molar-refractivity contribution in [1.82, 2.24) is 4.31 Å². The zero-order chi connectivity index (χ0) is 15.7. The van der Waals surface area contributed by atoms with Gasteiger partial charge in [0, 0.05) is 13.1 Å². The first-order valence-corrected chi connectivity index (χ1v) is 9.18. The van der Waals surface area contributed by atoms with Gasteiger partial charge in [-0.15, -0.1) is 0 Å². The van der Waals surface area contributed by atoms with Gasteiger partial charge in [-0.25, -0.2) is 8.42 Å². The normalized spacial score (nSPS) is 18.9. The molecule has 3 rings (SSSR count). The van der Waals surface area contributed by atoms with Crippen molar-refractivity contribution in [3.63, 3.8) is 0 Å². The summed E-state index contributed by atoms with van der Waals surface area (Å²) in [6.07, 6.45) is 0. The van der Waals surface area contributed by atoms with Gasteiger partial charge in [0.05, 0.1) is 5.75 Å². The second-order valence-corrected chi connectivity index (χ2v) is 8.04. The zero-order valence-electron chi connectivity index (χ0n) is 13.0. The summed E-state index contributed by atoms with van der Waals surface area (Å²) in [7, 11) is -3.30. The van der Waals surface area contributed by atoms with Crippen molar-refractivity contribution >= 4 is 10.0 Å². The van der Waals surface area contributed by atoms with Crippen LogP contribution in [0.25, 0.3) is 0 Å². The lowest BCUT2D eigenvalue weighted by atomic mass is 9.92. The van der Waals surface area contributed by atoms with Gasteiger partial charge in [-0.05, 0) is 35.1 Å². The molecule has 1 unspecified atom stereocenters. The molecule has 0 fully saturated rings. The van der Waals surface area contributed by atoms with Crippen LogP contribution in [0.5, 0.6) is 0 Å². The van der Waals surface area contributed by atoms with Crippen molar-refractivity contribution in [1.29, 1.82) is 0 Å². The number of hydrogen-bond acceptors (Lipinski definition) is 2. The molecule has 3 nitrogen and oxygen atoms in total. The first-order chi connectivity index (χ1) is 10.5. The van der Waals surface area contributed by atoms with Crippen molar-refractivity contribution < 1.29 is 8.42 Å². The summed E-state index contributed by atoms with van der Waals surface area (Å²) in [6, 6.07) is 15.8. The molecule has 2 aromatic carbocycles. The van der Waals surface area contributed by atoms with Crippen LogP contribution >= 0.6 is 0 Å². The van der Waals surface area contributed by atoms with E-state index >= 15 is 0 Å². The third-order valence-electron chi connectivity index (χ3n) is 4.40. The van der Waals surface area contributed by atoms with Gasteiger partial charge in [-0.2, -0.15) is 4.31 Å². The van der Waals surface area contributed by atoms with Crippen molar-refractivity contribution in [2.75, 3.05) is 6.54 Å². The Bertz CT molecular complexity index is 783. The summed E-state index contributed by atoms with van der Waals surface area (Å²) < 4.78 is 27.2. The maximum Gasteiger partial charge on any atom is 0.218 e. The highest BCUT2D eigenvalue weighted by atomic mass is 32.2. The highest BCUT2D eigenvalue weighted by Gasteiger charge is 2.30. The second kappa shape index (κ2) is 5.86. The van der Waals surface area contributed by atoms with Gasteiger partial charge < -0.3 is 0 Å². The van der Waals surface area contributed by atoms with Gasteiger partial charge in [0.15, 0.2) is 0 Å². The van der Waals surface area contributed by atoms with E-state index in [1.165, 1.54) is 5.56 Å². The summed E-state index contributed by atoms with van der Waals surface area (Å²) in [5.74, 6) is 0.311. The smallest absolute Gasteiger partial charge is 0.212 e. The molecule has 0 aromatic heterocycles. The van der Waals surface area contributed by atoms with E-state index < -0.39 is 10.0 Å². The topological polar surface area (TPSA) is 37.4 Å². The zero-order valence-corrected chi connectivity index (χ0v) is 13.8. The van der Waals surface area contributed by atoms with Crippen LogP contribution < -0.4 is 0 Å². The summed E-state index contributed by atoms with van der Waals surface area (Å²) in [5, 5.41) is 0. The minimum absolute atomic E-state index is 0.0779. The van der Waals surface area contributed by atoms with E-state index in [-0.39, 0.29) is 11.7 Å². The molecule has 2 aromatic rings. The van der Waals surface area contributed by atoms with Crippen molar-refractivity contribution in [3.05, 3.63) is 70.8 Å². The number of aryl methyl sites for hydroxylation is 1. The Morgan fingerprint density at radius 1 is 1.09 bits per heavy atom. The van der Waals surface area contributed by atoms with Crippen LogP contribution in [0.2, 0.25) is 0 Å². The fourth-order valence-electron chi connectivity index (χ4n) is 3.09. The standard InChI is InChI=1S/C18H21NO2S/c1-14-7-3-4-9-17(14)13-22(20,21)19-11-15(2)18-10-6-5-8-16(18)12-19/h3-10,15H,11-13H2,1-2H3. The number of nitrogens with zero attached hydrogens (tertiary/aromatic N) is 1. The SMILES string of the molecule is Cc1ccccc1CS(=O)(=O)N1Cc2ccccc2C(C)C1. The molecule has 4 heteroatoms. The quantitative estimate of drug-likeness (QED) is 0.870. The minimum atomic E-state index is -3.30. The van der Waals surface area contributed by atoms with Crippen LogP contribution in [0.3, 0.4) is 0 Å². The summed E-state index contributed by atoms with van der Waals surface area (Å²) in [4.78, 5) is 0. The van der Waals surface area contributed by atoms with E-state index in [1.807, 2.05) is 49.4 Å². The lowest BCUT2D eigenvalue weighted by Crippen LogP contribution is -2.38. The maximum atomic E-state index is 12.8. The summed E-state index contributed by atoms with van der Waals surface area (Å²) in [5.41, 5.74) is 4.30. The lowest BCUT2D eigenvalue weighted by Gasteiger charge is -2.32. The van der Waals surface area contributed by atoms with E-state index in [0.29, 0.717) is 13.1 Å². The Balaban J connectivity index is 1.87. The van der Waals surface area contributed by atoms with E-state index in [0.717, 1.165) is 16.7 Å². The van der Waals surface area contributed by atoms with Gasteiger partial charge in [-0.1, -0.05) is 55.5 Å². The molecule has 116 valence electrons. The molecular weight excluding hydrogens is 294 g/mol. The van der Waals surface area contributed by atoms with Gasteiger partial charge >= 0.3 is 0 Å². The molecule has 0 amide bonds. The van der Waals surface area contributed by atoms with Gasteiger partial charge in [0.25, 0.3) is 0 Å². The molecule has 1 aliphatic heterocycles. The molecule has 0 spiro atoms. The lowest BCUT2D eigenvalue weighted by molar-refractivity contribution is 0.363. The molecule has 1 heterocycles. The monoisotopic (exact) mass is 315 g/mol. The van der Waals surface area contributed by atoms with E-state index in [4.69, 9.17) is 0 Å². The summed E-state index contributed by atoms with van der Waals surface area (Å²) >= 11 is 0. The van der Waals surface area contributed by atoms with E-state index in [1.54, 1.807) is 4.31 Å².